The van der Waals surface area contributed by atoms with Gasteiger partial charge in [-0.05, 0) is 31.2 Å². The number of hydrogen-bond acceptors (Lipinski definition) is 5. The molecule has 0 radical (unpaired) electrons. The number of benzene rings is 1. The Balaban J connectivity index is 2.14. The largest absolute Gasteiger partial charge is 0.494 e. The van der Waals surface area contributed by atoms with E-state index in [1.165, 1.54) is 19.5 Å². The zero-order chi connectivity index (χ0) is 17.3. The van der Waals surface area contributed by atoms with Crippen LogP contribution in [0.1, 0.15) is 33.1 Å². The second-order valence-electron chi connectivity index (χ2n) is 6.94. The van der Waals surface area contributed by atoms with E-state index >= 15 is 0 Å². The van der Waals surface area contributed by atoms with Crippen molar-refractivity contribution in [3.8, 4) is 5.75 Å². The Morgan fingerprint density at radius 2 is 2.17 bits per heavy atom. The summed E-state index contributed by atoms with van der Waals surface area (Å²) >= 11 is 0. The lowest BCUT2D eigenvalue weighted by atomic mass is 9.87. The molecule has 6 heteroatoms. The van der Waals surface area contributed by atoms with Crippen molar-refractivity contribution in [2.75, 3.05) is 25.2 Å². The molecule has 0 amide bonds. The van der Waals surface area contributed by atoms with Gasteiger partial charge in [-0.25, -0.2) is 14.4 Å². The van der Waals surface area contributed by atoms with Gasteiger partial charge in [-0.15, -0.1) is 0 Å². The fraction of sp³-hybridized carbons (Fsp3) is 0.556. The highest BCUT2D eigenvalue weighted by molar-refractivity contribution is 5.91. The molecular formula is C18H24FN3O2. The average molecular weight is 333 g/mol. The molecule has 1 N–H and O–H groups in total. The van der Waals surface area contributed by atoms with Crippen molar-refractivity contribution < 1.29 is 14.2 Å². The van der Waals surface area contributed by atoms with E-state index in [-0.39, 0.29) is 17.9 Å². The summed E-state index contributed by atoms with van der Waals surface area (Å²) in [6, 6.07) is 3.02. The summed E-state index contributed by atoms with van der Waals surface area (Å²) in [4.78, 5) is 10.8. The molecule has 0 bridgehead atoms. The van der Waals surface area contributed by atoms with Crippen LogP contribution in [0.3, 0.4) is 0 Å². The molecule has 1 atom stereocenters. The second-order valence-corrected chi connectivity index (χ2v) is 6.94. The summed E-state index contributed by atoms with van der Waals surface area (Å²) < 4.78 is 19.1. The minimum absolute atomic E-state index is 0.0784. The van der Waals surface area contributed by atoms with Crippen molar-refractivity contribution in [1.82, 2.24) is 9.97 Å². The van der Waals surface area contributed by atoms with Crippen LogP contribution < -0.4 is 9.64 Å². The number of anilines is 1. The number of aromatic nitrogens is 2. The molecular weight excluding hydrogens is 309 g/mol. The molecule has 3 rings (SSSR count). The maximum Gasteiger partial charge on any atom is 0.167 e. The first-order valence-corrected chi connectivity index (χ1v) is 8.37. The van der Waals surface area contributed by atoms with E-state index in [1.807, 2.05) is 0 Å². The van der Waals surface area contributed by atoms with Gasteiger partial charge in [-0.2, -0.15) is 0 Å². The lowest BCUT2D eigenvalue weighted by molar-refractivity contribution is 0.175. The standard InChI is InChI=1S/C18H24FN3O2/c1-12(2)9-18(10-23)5-4-6-22(18)17-13-7-16(24-3)14(19)8-15(13)20-11-21-17/h7-8,11-12,23H,4-6,9-10H2,1-3H3. The van der Waals surface area contributed by atoms with E-state index in [1.54, 1.807) is 6.07 Å². The van der Waals surface area contributed by atoms with Crippen molar-refractivity contribution in [3.05, 3.63) is 24.3 Å². The summed E-state index contributed by atoms with van der Waals surface area (Å²) in [5.41, 5.74) is 0.221. The van der Waals surface area contributed by atoms with Gasteiger partial charge in [0.25, 0.3) is 0 Å². The summed E-state index contributed by atoms with van der Waals surface area (Å²) in [6.07, 6.45) is 4.26. The Hall–Kier alpha value is -1.95. The number of aliphatic hydroxyl groups is 1. The van der Waals surface area contributed by atoms with Gasteiger partial charge >= 0.3 is 0 Å². The van der Waals surface area contributed by atoms with Crippen molar-refractivity contribution >= 4 is 16.7 Å². The van der Waals surface area contributed by atoms with Crippen LogP contribution >= 0.6 is 0 Å². The molecule has 2 heterocycles. The number of ether oxygens (including phenoxy) is 1. The number of aliphatic hydroxyl groups excluding tert-OH is 1. The fourth-order valence-electron chi connectivity index (χ4n) is 3.89. The molecule has 5 nitrogen and oxygen atoms in total. The van der Waals surface area contributed by atoms with Crippen LogP contribution in [0.25, 0.3) is 10.9 Å². The van der Waals surface area contributed by atoms with Crippen LogP contribution in [-0.4, -0.2) is 40.9 Å². The smallest absolute Gasteiger partial charge is 0.167 e. The maximum absolute atomic E-state index is 14.0. The molecule has 1 aromatic carbocycles. The van der Waals surface area contributed by atoms with E-state index in [9.17, 15) is 9.50 Å². The number of rotatable bonds is 5. The Morgan fingerprint density at radius 3 is 2.83 bits per heavy atom. The minimum atomic E-state index is -0.438. The van der Waals surface area contributed by atoms with E-state index < -0.39 is 5.82 Å². The number of halogens is 1. The number of methoxy groups -OCH3 is 1. The van der Waals surface area contributed by atoms with Gasteiger partial charge in [0.2, 0.25) is 0 Å². The van der Waals surface area contributed by atoms with Gasteiger partial charge in [0.15, 0.2) is 11.6 Å². The fourth-order valence-corrected chi connectivity index (χ4v) is 3.89. The van der Waals surface area contributed by atoms with E-state index in [2.05, 4.69) is 28.7 Å². The highest BCUT2D eigenvalue weighted by atomic mass is 19.1. The van der Waals surface area contributed by atoms with Crippen LogP contribution in [0.15, 0.2) is 18.5 Å². The van der Waals surface area contributed by atoms with Crippen LogP contribution in [0.5, 0.6) is 5.75 Å². The Morgan fingerprint density at radius 1 is 1.38 bits per heavy atom. The minimum Gasteiger partial charge on any atom is -0.494 e. The molecule has 1 aliphatic heterocycles. The molecule has 1 aromatic heterocycles. The highest BCUT2D eigenvalue weighted by Gasteiger charge is 2.42. The third-order valence-corrected chi connectivity index (χ3v) is 4.82. The van der Waals surface area contributed by atoms with Gasteiger partial charge < -0.3 is 14.7 Å². The molecule has 1 saturated heterocycles. The third-order valence-electron chi connectivity index (χ3n) is 4.82. The first-order valence-electron chi connectivity index (χ1n) is 8.37. The van der Waals surface area contributed by atoms with Gasteiger partial charge in [-0.1, -0.05) is 13.8 Å². The van der Waals surface area contributed by atoms with Crippen molar-refractivity contribution in [2.45, 2.75) is 38.6 Å². The molecule has 0 saturated carbocycles. The zero-order valence-corrected chi connectivity index (χ0v) is 14.4. The number of nitrogens with zero attached hydrogens (tertiary/aromatic N) is 3. The summed E-state index contributed by atoms with van der Waals surface area (Å²) in [5.74, 6) is 0.936. The highest BCUT2D eigenvalue weighted by Crippen LogP contribution is 2.40. The topological polar surface area (TPSA) is 58.5 Å². The average Bonchev–Trinajstić information content (AvgIpc) is 2.96. The SMILES string of the molecule is COc1cc2c(N3CCCC3(CO)CC(C)C)ncnc2cc1F. The summed E-state index contributed by atoms with van der Waals surface area (Å²) in [7, 11) is 1.44. The first kappa shape index (κ1) is 16.9. The number of hydrogen-bond donors (Lipinski definition) is 1. The van der Waals surface area contributed by atoms with Crippen molar-refractivity contribution in [2.24, 2.45) is 5.92 Å². The van der Waals surface area contributed by atoms with Crippen molar-refractivity contribution in [3.63, 3.8) is 0 Å². The van der Waals surface area contributed by atoms with Crippen molar-refractivity contribution in [1.29, 1.82) is 0 Å². The zero-order valence-electron chi connectivity index (χ0n) is 14.4. The molecule has 0 spiro atoms. The van der Waals surface area contributed by atoms with E-state index in [0.29, 0.717) is 11.4 Å². The molecule has 130 valence electrons. The van der Waals surface area contributed by atoms with Gasteiger partial charge in [0.05, 0.1) is 24.8 Å². The quantitative estimate of drug-likeness (QED) is 0.911. The molecule has 1 aliphatic rings. The third kappa shape index (κ3) is 2.79. The normalized spacial score (nSPS) is 21.0. The lowest BCUT2D eigenvalue weighted by Crippen LogP contribution is -2.48. The van der Waals surface area contributed by atoms with Crippen LogP contribution in [0, 0.1) is 11.7 Å². The predicted octanol–water partition coefficient (Wildman–Crippen LogP) is 3.15. The Bertz CT molecular complexity index is 738. The van der Waals surface area contributed by atoms with Gasteiger partial charge in [0, 0.05) is 18.0 Å². The summed E-state index contributed by atoms with van der Waals surface area (Å²) in [6.45, 7) is 5.21. The van der Waals surface area contributed by atoms with Gasteiger partial charge in [0.1, 0.15) is 12.1 Å². The molecule has 1 unspecified atom stereocenters. The molecule has 24 heavy (non-hydrogen) atoms. The molecule has 1 fully saturated rings. The van der Waals surface area contributed by atoms with E-state index in [4.69, 9.17) is 4.74 Å². The predicted molar refractivity (Wildman–Crippen MR) is 91.9 cm³/mol. The first-order chi connectivity index (χ1) is 11.5. The maximum atomic E-state index is 14.0. The molecule has 2 aromatic rings. The van der Waals surface area contributed by atoms with Crippen LogP contribution in [0.4, 0.5) is 10.2 Å². The summed E-state index contributed by atoms with van der Waals surface area (Å²) in [5, 5.41) is 10.9. The van der Waals surface area contributed by atoms with E-state index in [0.717, 1.165) is 37.0 Å². The Labute approximate surface area is 141 Å². The van der Waals surface area contributed by atoms with Gasteiger partial charge in [-0.3, -0.25) is 0 Å². The second kappa shape index (κ2) is 6.51. The lowest BCUT2D eigenvalue weighted by Gasteiger charge is -2.39. The van der Waals surface area contributed by atoms with Crippen LogP contribution in [-0.2, 0) is 0 Å². The van der Waals surface area contributed by atoms with Crippen LogP contribution in [0.2, 0.25) is 0 Å². The molecule has 0 aliphatic carbocycles. The Kier molecular flexibility index (Phi) is 4.58. The monoisotopic (exact) mass is 333 g/mol. The number of fused-ring (bicyclic) bond motifs is 1.